The Hall–Kier alpha value is -0.770. The highest BCUT2D eigenvalue weighted by Crippen LogP contribution is 2.45. The SMILES string of the molecule is CCCC(CC)NC1CCN(C(=O)OC(C)(C)C)C2(CCC2)C1. The van der Waals surface area contributed by atoms with Crippen LogP contribution in [0.4, 0.5) is 4.79 Å². The van der Waals surface area contributed by atoms with Gasteiger partial charge in [-0.1, -0.05) is 20.3 Å². The maximum absolute atomic E-state index is 12.6. The number of likely N-dealkylation sites (tertiary alicyclic amines) is 1. The number of piperidine rings is 1. The van der Waals surface area contributed by atoms with E-state index in [2.05, 4.69) is 19.2 Å². The molecule has 2 unspecified atom stereocenters. The Labute approximate surface area is 142 Å². The molecule has 134 valence electrons. The van der Waals surface area contributed by atoms with Gasteiger partial charge in [-0.25, -0.2) is 4.79 Å². The normalized spacial score (nSPS) is 25.1. The van der Waals surface area contributed by atoms with Crippen LogP contribution in [0.1, 0.15) is 86.0 Å². The summed E-state index contributed by atoms with van der Waals surface area (Å²) >= 11 is 0. The van der Waals surface area contributed by atoms with Crippen molar-refractivity contribution in [3.63, 3.8) is 0 Å². The third kappa shape index (κ3) is 4.62. The second kappa shape index (κ2) is 7.42. The van der Waals surface area contributed by atoms with Crippen LogP contribution in [0.2, 0.25) is 0 Å². The molecular formula is C19H36N2O2. The maximum Gasteiger partial charge on any atom is 0.410 e. The van der Waals surface area contributed by atoms with Gasteiger partial charge in [0.2, 0.25) is 0 Å². The molecule has 0 aromatic carbocycles. The molecule has 1 saturated heterocycles. The molecule has 1 amide bonds. The number of nitrogens with one attached hydrogen (secondary N) is 1. The van der Waals surface area contributed by atoms with Gasteiger partial charge in [-0.2, -0.15) is 0 Å². The Morgan fingerprint density at radius 1 is 1.35 bits per heavy atom. The zero-order chi connectivity index (χ0) is 17.1. The largest absolute Gasteiger partial charge is 0.444 e. The molecule has 1 aliphatic carbocycles. The van der Waals surface area contributed by atoms with Gasteiger partial charge in [0.15, 0.2) is 0 Å². The summed E-state index contributed by atoms with van der Waals surface area (Å²) in [7, 11) is 0. The smallest absolute Gasteiger partial charge is 0.410 e. The molecule has 1 saturated carbocycles. The van der Waals surface area contributed by atoms with E-state index in [-0.39, 0.29) is 11.6 Å². The highest BCUT2D eigenvalue weighted by Gasteiger charge is 2.49. The van der Waals surface area contributed by atoms with E-state index in [0.717, 1.165) is 32.2 Å². The predicted molar refractivity (Wildman–Crippen MR) is 94.7 cm³/mol. The van der Waals surface area contributed by atoms with Crippen molar-refractivity contribution in [3.8, 4) is 0 Å². The molecule has 0 aromatic heterocycles. The summed E-state index contributed by atoms with van der Waals surface area (Å²) in [5.41, 5.74) is -0.353. The molecule has 1 aliphatic heterocycles. The third-order valence-corrected chi connectivity index (χ3v) is 5.40. The monoisotopic (exact) mass is 324 g/mol. The Balaban J connectivity index is 1.98. The van der Waals surface area contributed by atoms with Crippen LogP contribution in [0.25, 0.3) is 0 Å². The number of hydrogen-bond donors (Lipinski definition) is 1. The molecule has 1 spiro atoms. The van der Waals surface area contributed by atoms with Crippen LogP contribution >= 0.6 is 0 Å². The van der Waals surface area contributed by atoms with Gasteiger partial charge in [0, 0.05) is 24.2 Å². The van der Waals surface area contributed by atoms with Gasteiger partial charge in [0.05, 0.1) is 0 Å². The van der Waals surface area contributed by atoms with Crippen molar-refractivity contribution in [2.45, 2.75) is 109 Å². The molecule has 0 bridgehead atoms. The fourth-order valence-electron chi connectivity index (χ4n) is 4.08. The second-order valence-electron chi connectivity index (χ2n) is 8.46. The van der Waals surface area contributed by atoms with Crippen LogP contribution < -0.4 is 5.32 Å². The van der Waals surface area contributed by atoms with Crippen molar-refractivity contribution in [1.82, 2.24) is 10.2 Å². The topological polar surface area (TPSA) is 41.6 Å². The molecule has 4 heteroatoms. The zero-order valence-corrected chi connectivity index (χ0v) is 15.8. The van der Waals surface area contributed by atoms with Crippen molar-refractivity contribution in [1.29, 1.82) is 0 Å². The lowest BCUT2D eigenvalue weighted by Gasteiger charge is -2.55. The summed E-state index contributed by atoms with van der Waals surface area (Å²) in [6.07, 6.45) is 9.18. The molecule has 2 atom stereocenters. The molecule has 4 nitrogen and oxygen atoms in total. The Bertz CT molecular complexity index is 399. The fourth-order valence-corrected chi connectivity index (χ4v) is 4.08. The van der Waals surface area contributed by atoms with Crippen LogP contribution in [0, 0.1) is 0 Å². The number of hydrogen-bond acceptors (Lipinski definition) is 3. The summed E-state index contributed by atoms with van der Waals surface area (Å²) in [6, 6.07) is 1.17. The fraction of sp³-hybridized carbons (Fsp3) is 0.947. The standard InChI is InChI=1S/C19H36N2O2/c1-6-9-15(7-2)20-16-10-13-21(17(22)23-18(3,4)5)19(14-16)11-8-12-19/h15-16,20H,6-14H2,1-5H3. The quantitative estimate of drug-likeness (QED) is 0.811. The zero-order valence-electron chi connectivity index (χ0n) is 15.8. The first-order valence-electron chi connectivity index (χ1n) is 9.56. The van der Waals surface area contributed by atoms with Gasteiger partial charge < -0.3 is 15.0 Å². The van der Waals surface area contributed by atoms with Crippen molar-refractivity contribution in [2.24, 2.45) is 0 Å². The average molecular weight is 325 g/mol. The van der Waals surface area contributed by atoms with E-state index in [1.165, 1.54) is 25.7 Å². The van der Waals surface area contributed by atoms with Crippen LogP contribution in [0.3, 0.4) is 0 Å². The molecule has 2 rings (SSSR count). The minimum Gasteiger partial charge on any atom is -0.444 e. The van der Waals surface area contributed by atoms with E-state index < -0.39 is 5.60 Å². The second-order valence-corrected chi connectivity index (χ2v) is 8.46. The van der Waals surface area contributed by atoms with Gasteiger partial charge in [0.25, 0.3) is 0 Å². The van der Waals surface area contributed by atoms with E-state index in [9.17, 15) is 4.79 Å². The number of ether oxygens (including phenoxy) is 1. The Morgan fingerprint density at radius 3 is 2.52 bits per heavy atom. The Kier molecular flexibility index (Phi) is 5.99. The van der Waals surface area contributed by atoms with Gasteiger partial charge in [-0.05, 0) is 65.7 Å². The lowest BCUT2D eigenvalue weighted by Crippen LogP contribution is -2.64. The van der Waals surface area contributed by atoms with Crippen LogP contribution in [-0.4, -0.2) is 40.8 Å². The van der Waals surface area contributed by atoms with Gasteiger partial charge in [0.1, 0.15) is 5.60 Å². The molecule has 2 aliphatic rings. The molecule has 0 radical (unpaired) electrons. The summed E-state index contributed by atoms with van der Waals surface area (Å²) in [6.45, 7) is 11.2. The van der Waals surface area contributed by atoms with Crippen LogP contribution in [0.5, 0.6) is 0 Å². The van der Waals surface area contributed by atoms with E-state index in [0.29, 0.717) is 12.1 Å². The molecule has 23 heavy (non-hydrogen) atoms. The number of carbonyl (C=O) groups is 1. The molecular weight excluding hydrogens is 288 g/mol. The van der Waals surface area contributed by atoms with E-state index in [4.69, 9.17) is 4.74 Å². The number of carbonyl (C=O) groups excluding carboxylic acids is 1. The van der Waals surface area contributed by atoms with Crippen LogP contribution in [-0.2, 0) is 4.74 Å². The first kappa shape index (κ1) is 18.6. The third-order valence-electron chi connectivity index (χ3n) is 5.40. The van der Waals surface area contributed by atoms with Crippen LogP contribution in [0.15, 0.2) is 0 Å². The summed E-state index contributed by atoms with van der Waals surface area (Å²) in [4.78, 5) is 14.6. The summed E-state index contributed by atoms with van der Waals surface area (Å²) in [5, 5.41) is 3.86. The lowest BCUT2D eigenvalue weighted by atomic mass is 9.69. The van der Waals surface area contributed by atoms with Gasteiger partial charge >= 0.3 is 6.09 Å². The minimum atomic E-state index is -0.411. The number of nitrogens with zero attached hydrogens (tertiary/aromatic N) is 1. The summed E-state index contributed by atoms with van der Waals surface area (Å²) in [5.74, 6) is 0. The average Bonchev–Trinajstić information content (AvgIpc) is 2.43. The van der Waals surface area contributed by atoms with Crippen molar-refractivity contribution < 1.29 is 9.53 Å². The van der Waals surface area contributed by atoms with E-state index >= 15 is 0 Å². The minimum absolute atomic E-state index is 0.0583. The van der Waals surface area contributed by atoms with Gasteiger partial charge in [-0.15, -0.1) is 0 Å². The van der Waals surface area contributed by atoms with E-state index in [1.54, 1.807) is 0 Å². The number of rotatable bonds is 5. The molecule has 1 N–H and O–H groups in total. The Morgan fingerprint density at radius 2 is 2.04 bits per heavy atom. The highest BCUT2D eigenvalue weighted by atomic mass is 16.6. The van der Waals surface area contributed by atoms with Gasteiger partial charge in [-0.3, -0.25) is 0 Å². The molecule has 2 fully saturated rings. The summed E-state index contributed by atoms with van der Waals surface area (Å²) < 4.78 is 5.65. The van der Waals surface area contributed by atoms with Crippen molar-refractivity contribution in [3.05, 3.63) is 0 Å². The lowest BCUT2D eigenvalue weighted by molar-refractivity contribution is -0.0502. The first-order valence-corrected chi connectivity index (χ1v) is 9.56. The maximum atomic E-state index is 12.6. The van der Waals surface area contributed by atoms with E-state index in [1.807, 2.05) is 25.7 Å². The van der Waals surface area contributed by atoms with Crippen molar-refractivity contribution >= 4 is 6.09 Å². The first-order chi connectivity index (χ1) is 10.8. The molecule has 0 aromatic rings. The van der Waals surface area contributed by atoms with Crippen molar-refractivity contribution in [2.75, 3.05) is 6.54 Å². The molecule has 1 heterocycles. The number of amides is 1. The predicted octanol–water partition coefficient (Wildman–Crippen LogP) is 4.48. The highest BCUT2D eigenvalue weighted by molar-refractivity contribution is 5.69.